The number of rotatable bonds is 4. The van der Waals surface area contributed by atoms with E-state index in [-0.39, 0.29) is 17.2 Å². The van der Waals surface area contributed by atoms with Crippen molar-refractivity contribution in [2.75, 3.05) is 0 Å². The van der Waals surface area contributed by atoms with Crippen LogP contribution in [-0.2, 0) is 18.4 Å². The standard InChI is InChI=1S/C15H20N6O3/c1-5-8(2)21-9(3)6-19-11-12(17-14(19)21)18(4)15(24)20(13(11)23)7-10(16)22/h6,8H,5,7H2,1-4H3,(H2,16,22)/t8-/m1/s1. The van der Waals surface area contributed by atoms with Crippen LogP contribution in [0, 0.1) is 6.92 Å². The fourth-order valence-corrected chi connectivity index (χ4v) is 3.05. The van der Waals surface area contributed by atoms with E-state index >= 15 is 0 Å². The Labute approximate surface area is 136 Å². The molecule has 0 spiro atoms. The van der Waals surface area contributed by atoms with Crippen LogP contribution >= 0.6 is 0 Å². The summed E-state index contributed by atoms with van der Waals surface area (Å²) in [5, 5.41) is 0. The van der Waals surface area contributed by atoms with Crippen molar-refractivity contribution in [2.45, 2.75) is 39.8 Å². The van der Waals surface area contributed by atoms with Crippen LogP contribution in [0.2, 0.25) is 0 Å². The van der Waals surface area contributed by atoms with Crippen molar-refractivity contribution in [2.24, 2.45) is 12.8 Å². The molecule has 0 aliphatic heterocycles. The van der Waals surface area contributed by atoms with Crippen LogP contribution in [0.15, 0.2) is 15.8 Å². The van der Waals surface area contributed by atoms with E-state index in [9.17, 15) is 14.4 Å². The van der Waals surface area contributed by atoms with Gasteiger partial charge in [0.1, 0.15) is 6.54 Å². The van der Waals surface area contributed by atoms with Crippen LogP contribution in [-0.4, -0.2) is 29.0 Å². The molecule has 2 N–H and O–H groups in total. The highest BCUT2D eigenvalue weighted by molar-refractivity contribution is 5.77. The molecular weight excluding hydrogens is 312 g/mol. The Morgan fingerprint density at radius 2 is 2.04 bits per heavy atom. The van der Waals surface area contributed by atoms with Gasteiger partial charge in [0.05, 0.1) is 0 Å². The summed E-state index contributed by atoms with van der Waals surface area (Å²) in [6, 6.07) is 0.198. The van der Waals surface area contributed by atoms with Gasteiger partial charge in [-0.25, -0.2) is 9.36 Å². The number of amides is 1. The number of primary amides is 1. The molecule has 1 amide bonds. The lowest BCUT2D eigenvalue weighted by atomic mass is 10.2. The van der Waals surface area contributed by atoms with Crippen LogP contribution in [0.5, 0.6) is 0 Å². The van der Waals surface area contributed by atoms with Crippen LogP contribution in [0.4, 0.5) is 0 Å². The molecule has 0 radical (unpaired) electrons. The predicted octanol–water partition coefficient (Wildman–Crippen LogP) is -0.0859. The minimum Gasteiger partial charge on any atom is -0.368 e. The molecule has 0 saturated carbocycles. The summed E-state index contributed by atoms with van der Waals surface area (Å²) < 4.78 is 5.82. The van der Waals surface area contributed by atoms with Gasteiger partial charge in [-0.15, -0.1) is 0 Å². The Morgan fingerprint density at radius 1 is 1.38 bits per heavy atom. The van der Waals surface area contributed by atoms with E-state index in [0.717, 1.165) is 16.7 Å². The summed E-state index contributed by atoms with van der Waals surface area (Å²) in [6.45, 7) is 5.62. The maximum atomic E-state index is 12.7. The molecule has 3 aromatic heterocycles. The molecule has 1 atom stereocenters. The van der Waals surface area contributed by atoms with Gasteiger partial charge in [-0.3, -0.25) is 18.6 Å². The zero-order valence-corrected chi connectivity index (χ0v) is 14.1. The summed E-state index contributed by atoms with van der Waals surface area (Å²) in [5.74, 6) is -0.150. The summed E-state index contributed by atoms with van der Waals surface area (Å²) in [5.41, 5.74) is 5.49. The van der Waals surface area contributed by atoms with Gasteiger partial charge >= 0.3 is 5.69 Å². The summed E-state index contributed by atoms with van der Waals surface area (Å²) in [4.78, 5) is 40.8. The minimum atomic E-state index is -0.748. The van der Waals surface area contributed by atoms with Gasteiger partial charge < -0.3 is 10.3 Å². The van der Waals surface area contributed by atoms with Gasteiger partial charge in [-0.1, -0.05) is 6.92 Å². The first-order chi connectivity index (χ1) is 11.3. The largest absolute Gasteiger partial charge is 0.368 e. The van der Waals surface area contributed by atoms with Crippen molar-refractivity contribution < 1.29 is 4.79 Å². The van der Waals surface area contributed by atoms with E-state index < -0.39 is 23.7 Å². The zero-order chi connectivity index (χ0) is 17.8. The molecule has 0 aliphatic carbocycles. The van der Waals surface area contributed by atoms with E-state index in [0.29, 0.717) is 5.78 Å². The molecule has 3 rings (SSSR count). The number of nitrogens with two attached hydrogens (primary N) is 1. The Bertz CT molecular complexity index is 1080. The number of carbonyl (C=O) groups excluding carboxylic acids is 1. The second-order valence-corrected chi connectivity index (χ2v) is 6.05. The van der Waals surface area contributed by atoms with E-state index in [2.05, 4.69) is 18.8 Å². The molecule has 9 heteroatoms. The smallest absolute Gasteiger partial charge is 0.332 e. The number of carbonyl (C=O) groups is 1. The van der Waals surface area contributed by atoms with Crippen LogP contribution < -0.4 is 17.0 Å². The van der Waals surface area contributed by atoms with Crippen molar-refractivity contribution in [1.29, 1.82) is 0 Å². The van der Waals surface area contributed by atoms with E-state index in [1.165, 1.54) is 11.6 Å². The van der Waals surface area contributed by atoms with Gasteiger partial charge in [-0.05, 0) is 20.3 Å². The highest BCUT2D eigenvalue weighted by Gasteiger charge is 2.21. The molecule has 24 heavy (non-hydrogen) atoms. The quantitative estimate of drug-likeness (QED) is 0.720. The molecule has 0 fully saturated rings. The highest BCUT2D eigenvalue weighted by Crippen LogP contribution is 2.21. The fourth-order valence-electron chi connectivity index (χ4n) is 3.05. The lowest BCUT2D eigenvalue weighted by Gasteiger charge is -2.12. The SMILES string of the molecule is CC[C@@H](C)n1c(C)cn2c3c(=O)n(CC(N)=O)c(=O)n(C)c3nc12. The molecule has 0 saturated heterocycles. The van der Waals surface area contributed by atoms with E-state index in [4.69, 9.17) is 5.73 Å². The Kier molecular flexibility index (Phi) is 3.58. The fraction of sp³-hybridized carbons (Fsp3) is 0.467. The highest BCUT2D eigenvalue weighted by atomic mass is 16.2. The van der Waals surface area contributed by atoms with Crippen molar-refractivity contribution in [3.8, 4) is 0 Å². The number of hydrogen-bond acceptors (Lipinski definition) is 4. The molecule has 3 aromatic rings. The number of nitrogens with zero attached hydrogens (tertiary/aromatic N) is 5. The van der Waals surface area contributed by atoms with Crippen molar-refractivity contribution in [3.63, 3.8) is 0 Å². The maximum Gasteiger partial charge on any atom is 0.332 e. The lowest BCUT2D eigenvalue weighted by molar-refractivity contribution is -0.118. The third-order valence-electron chi connectivity index (χ3n) is 4.41. The second-order valence-electron chi connectivity index (χ2n) is 6.05. The molecule has 3 heterocycles. The van der Waals surface area contributed by atoms with Crippen LogP contribution in [0.1, 0.15) is 32.0 Å². The summed E-state index contributed by atoms with van der Waals surface area (Å²) >= 11 is 0. The predicted molar refractivity (Wildman–Crippen MR) is 89.1 cm³/mol. The number of aryl methyl sites for hydroxylation is 2. The second kappa shape index (κ2) is 5.36. The third-order valence-corrected chi connectivity index (χ3v) is 4.41. The number of hydrogen-bond donors (Lipinski definition) is 1. The molecule has 0 bridgehead atoms. The summed E-state index contributed by atoms with van der Waals surface area (Å²) in [7, 11) is 1.52. The van der Waals surface area contributed by atoms with Gasteiger partial charge in [-0.2, -0.15) is 4.98 Å². The van der Waals surface area contributed by atoms with E-state index in [1.807, 2.05) is 17.7 Å². The molecule has 128 valence electrons. The molecule has 0 unspecified atom stereocenters. The zero-order valence-electron chi connectivity index (χ0n) is 14.1. The Hall–Kier alpha value is -2.84. The van der Waals surface area contributed by atoms with Crippen molar-refractivity contribution >= 4 is 22.8 Å². The number of imidazole rings is 2. The lowest BCUT2D eigenvalue weighted by Crippen LogP contribution is -2.42. The monoisotopic (exact) mass is 332 g/mol. The van der Waals surface area contributed by atoms with Crippen molar-refractivity contribution in [3.05, 3.63) is 32.7 Å². The minimum absolute atomic E-state index is 0.198. The normalized spacial score (nSPS) is 13.0. The van der Waals surface area contributed by atoms with Gasteiger partial charge in [0, 0.05) is 25.0 Å². The maximum absolute atomic E-state index is 12.7. The van der Waals surface area contributed by atoms with Gasteiger partial charge in [0.25, 0.3) is 5.56 Å². The molecule has 0 aromatic carbocycles. The van der Waals surface area contributed by atoms with E-state index in [1.54, 1.807) is 4.40 Å². The molecule has 0 aliphatic rings. The van der Waals surface area contributed by atoms with Crippen LogP contribution in [0.25, 0.3) is 16.9 Å². The summed E-state index contributed by atoms with van der Waals surface area (Å²) in [6.07, 6.45) is 2.72. The van der Waals surface area contributed by atoms with Gasteiger partial charge in [0.2, 0.25) is 11.7 Å². The number of aromatic nitrogens is 5. The van der Waals surface area contributed by atoms with Crippen LogP contribution in [0.3, 0.4) is 0 Å². The topological polar surface area (TPSA) is 109 Å². The molecular formula is C15H20N6O3. The molecule has 9 nitrogen and oxygen atoms in total. The average Bonchev–Trinajstić information content (AvgIpc) is 3.03. The number of fused-ring (bicyclic) bond motifs is 3. The Balaban J connectivity index is 2.48. The first kappa shape index (κ1) is 16.0. The third kappa shape index (κ3) is 2.08. The first-order valence-electron chi connectivity index (χ1n) is 7.75. The Morgan fingerprint density at radius 3 is 2.62 bits per heavy atom. The average molecular weight is 332 g/mol. The van der Waals surface area contributed by atoms with Crippen molar-refractivity contribution in [1.82, 2.24) is 23.1 Å². The first-order valence-corrected chi connectivity index (χ1v) is 7.75. The van der Waals surface area contributed by atoms with Gasteiger partial charge in [0.15, 0.2) is 11.2 Å².